The van der Waals surface area contributed by atoms with Gasteiger partial charge in [0.2, 0.25) is 0 Å². The summed E-state index contributed by atoms with van der Waals surface area (Å²) < 4.78 is 1.03. The minimum absolute atomic E-state index is 0.0339. The fourth-order valence-corrected chi connectivity index (χ4v) is 2.39. The van der Waals surface area contributed by atoms with Crippen molar-refractivity contribution in [1.82, 2.24) is 0 Å². The predicted octanol–water partition coefficient (Wildman–Crippen LogP) is 3.07. The van der Waals surface area contributed by atoms with Crippen LogP contribution < -0.4 is 10.6 Å². The van der Waals surface area contributed by atoms with Crippen molar-refractivity contribution < 1.29 is 5.11 Å². The third kappa shape index (κ3) is 4.26. The van der Waals surface area contributed by atoms with Crippen molar-refractivity contribution in [2.24, 2.45) is 5.73 Å². The van der Waals surface area contributed by atoms with E-state index in [9.17, 15) is 5.11 Å². The first-order chi connectivity index (χ1) is 8.24. The van der Waals surface area contributed by atoms with Gasteiger partial charge in [0.25, 0.3) is 0 Å². The molecule has 4 heteroatoms. The SMILES string of the molecule is CCN(CC(C)(C)O)c1ccc(Br)cc1C(C)N. The van der Waals surface area contributed by atoms with Gasteiger partial charge in [0.15, 0.2) is 0 Å². The number of nitrogens with two attached hydrogens (primary N) is 1. The van der Waals surface area contributed by atoms with Crippen molar-refractivity contribution in [3.05, 3.63) is 28.2 Å². The van der Waals surface area contributed by atoms with Crippen molar-refractivity contribution in [2.75, 3.05) is 18.0 Å². The number of benzene rings is 1. The van der Waals surface area contributed by atoms with E-state index in [2.05, 4.69) is 33.8 Å². The first-order valence-corrected chi connectivity index (χ1v) is 7.06. The summed E-state index contributed by atoms with van der Waals surface area (Å²) in [5.74, 6) is 0. The van der Waals surface area contributed by atoms with Crippen LogP contribution >= 0.6 is 15.9 Å². The Hall–Kier alpha value is -0.580. The average Bonchev–Trinajstić information content (AvgIpc) is 2.24. The molecular weight excluding hydrogens is 292 g/mol. The molecule has 0 saturated heterocycles. The smallest absolute Gasteiger partial charge is 0.0765 e. The number of likely N-dealkylation sites (N-methyl/N-ethyl adjacent to an activating group) is 1. The molecule has 1 rings (SSSR count). The number of anilines is 1. The molecule has 0 aromatic heterocycles. The minimum atomic E-state index is -0.724. The summed E-state index contributed by atoms with van der Waals surface area (Å²) in [5, 5.41) is 9.98. The zero-order valence-electron chi connectivity index (χ0n) is 11.6. The molecule has 0 radical (unpaired) electrons. The monoisotopic (exact) mass is 314 g/mol. The predicted molar refractivity (Wildman–Crippen MR) is 80.9 cm³/mol. The highest BCUT2D eigenvalue weighted by Crippen LogP contribution is 2.29. The number of hydrogen-bond acceptors (Lipinski definition) is 3. The van der Waals surface area contributed by atoms with E-state index in [4.69, 9.17) is 5.73 Å². The second-order valence-electron chi connectivity index (χ2n) is 5.32. The van der Waals surface area contributed by atoms with Crippen LogP contribution in [0.3, 0.4) is 0 Å². The molecule has 0 bridgehead atoms. The van der Waals surface area contributed by atoms with Gasteiger partial charge >= 0.3 is 0 Å². The number of halogens is 1. The Morgan fingerprint density at radius 1 is 1.44 bits per heavy atom. The summed E-state index contributed by atoms with van der Waals surface area (Å²) in [7, 11) is 0. The lowest BCUT2D eigenvalue weighted by Crippen LogP contribution is -2.39. The molecule has 0 aliphatic rings. The molecule has 1 aromatic carbocycles. The zero-order valence-corrected chi connectivity index (χ0v) is 13.2. The lowest BCUT2D eigenvalue weighted by molar-refractivity contribution is 0.0875. The molecule has 0 fully saturated rings. The van der Waals surface area contributed by atoms with Crippen LogP contribution in [-0.4, -0.2) is 23.8 Å². The van der Waals surface area contributed by atoms with Gasteiger partial charge in [-0.15, -0.1) is 0 Å². The number of aliphatic hydroxyl groups is 1. The van der Waals surface area contributed by atoms with E-state index in [-0.39, 0.29) is 6.04 Å². The summed E-state index contributed by atoms with van der Waals surface area (Å²) in [6.45, 7) is 9.12. The highest BCUT2D eigenvalue weighted by atomic mass is 79.9. The second-order valence-corrected chi connectivity index (χ2v) is 6.23. The summed E-state index contributed by atoms with van der Waals surface area (Å²) in [5.41, 5.74) is 7.49. The maximum Gasteiger partial charge on any atom is 0.0765 e. The van der Waals surface area contributed by atoms with Gasteiger partial charge in [0, 0.05) is 29.3 Å². The average molecular weight is 315 g/mol. The summed E-state index contributed by atoms with van der Waals surface area (Å²) >= 11 is 3.47. The van der Waals surface area contributed by atoms with Gasteiger partial charge in [0.05, 0.1) is 5.60 Å². The molecule has 18 heavy (non-hydrogen) atoms. The maximum atomic E-state index is 9.98. The van der Waals surface area contributed by atoms with Crippen LogP contribution in [0.4, 0.5) is 5.69 Å². The third-order valence-corrected chi connectivity index (χ3v) is 3.27. The largest absolute Gasteiger partial charge is 0.389 e. The first-order valence-electron chi connectivity index (χ1n) is 6.27. The molecule has 3 nitrogen and oxygen atoms in total. The maximum absolute atomic E-state index is 9.98. The van der Waals surface area contributed by atoms with Gasteiger partial charge in [-0.3, -0.25) is 0 Å². The minimum Gasteiger partial charge on any atom is -0.389 e. The third-order valence-electron chi connectivity index (χ3n) is 2.78. The number of nitrogens with zero attached hydrogens (tertiary/aromatic N) is 1. The van der Waals surface area contributed by atoms with Gasteiger partial charge in [-0.2, -0.15) is 0 Å². The van der Waals surface area contributed by atoms with Crippen LogP contribution in [0.15, 0.2) is 22.7 Å². The Morgan fingerprint density at radius 2 is 2.06 bits per heavy atom. The Balaban J connectivity index is 3.12. The Morgan fingerprint density at radius 3 is 2.50 bits per heavy atom. The van der Waals surface area contributed by atoms with Gasteiger partial charge < -0.3 is 15.7 Å². The van der Waals surface area contributed by atoms with Gasteiger partial charge in [-0.25, -0.2) is 0 Å². The highest BCUT2D eigenvalue weighted by Gasteiger charge is 2.20. The second kappa shape index (κ2) is 6.04. The molecular formula is C14H23BrN2O. The molecule has 1 aromatic rings. The van der Waals surface area contributed by atoms with Crippen LogP contribution in [0.1, 0.15) is 39.3 Å². The van der Waals surface area contributed by atoms with Crippen molar-refractivity contribution >= 4 is 21.6 Å². The lowest BCUT2D eigenvalue weighted by Gasteiger charge is -2.32. The van der Waals surface area contributed by atoms with Crippen molar-refractivity contribution in [3.8, 4) is 0 Å². The van der Waals surface area contributed by atoms with Gasteiger partial charge in [0.1, 0.15) is 0 Å². The van der Waals surface area contributed by atoms with E-state index in [0.29, 0.717) is 6.54 Å². The fraction of sp³-hybridized carbons (Fsp3) is 0.571. The molecule has 1 unspecified atom stereocenters. The van der Waals surface area contributed by atoms with Crippen LogP contribution in [0.25, 0.3) is 0 Å². The molecule has 0 heterocycles. The van der Waals surface area contributed by atoms with Crippen LogP contribution in [0.5, 0.6) is 0 Å². The molecule has 0 amide bonds. The van der Waals surface area contributed by atoms with Gasteiger partial charge in [-0.05, 0) is 51.5 Å². The van der Waals surface area contributed by atoms with Crippen LogP contribution in [0.2, 0.25) is 0 Å². The van der Waals surface area contributed by atoms with Crippen molar-refractivity contribution in [1.29, 1.82) is 0 Å². The summed E-state index contributed by atoms with van der Waals surface area (Å²) in [6, 6.07) is 6.08. The zero-order chi connectivity index (χ0) is 13.9. The molecule has 0 aliphatic carbocycles. The molecule has 0 aliphatic heterocycles. The standard InChI is InChI=1S/C14H23BrN2O/c1-5-17(9-14(3,4)18)13-7-6-11(15)8-12(13)10(2)16/h6-8,10,18H,5,9,16H2,1-4H3. The lowest BCUT2D eigenvalue weighted by atomic mass is 10.0. The van der Waals surface area contributed by atoms with Crippen LogP contribution in [-0.2, 0) is 0 Å². The Kier molecular flexibility index (Phi) is 5.20. The summed E-state index contributed by atoms with van der Waals surface area (Å²) in [6.07, 6.45) is 0. The normalized spacial score (nSPS) is 13.5. The van der Waals surface area contributed by atoms with Crippen LogP contribution in [0, 0.1) is 0 Å². The van der Waals surface area contributed by atoms with E-state index in [1.165, 1.54) is 0 Å². The molecule has 102 valence electrons. The first kappa shape index (κ1) is 15.5. The molecule has 3 N–H and O–H groups in total. The van der Waals surface area contributed by atoms with E-state index in [1.54, 1.807) is 0 Å². The van der Waals surface area contributed by atoms with Gasteiger partial charge in [-0.1, -0.05) is 15.9 Å². The molecule has 0 spiro atoms. The summed E-state index contributed by atoms with van der Waals surface area (Å²) in [4.78, 5) is 2.16. The Bertz CT molecular complexity index is 399. The van der Waals surface area contributed by atoms with E-state index < -0.39 is 5.60 Å². The number of hydrogen-bond donors (Lipinski definition) is 2. The fourth-order valence-electron chi connectivity index (χ4n) is 2.01. The topological polar surface area (TPSA) is 49.5 Å². The van der Waals surface area contributed by atoms with Crippen molar-refractivity contribution in [3.63, 3.8) is 0 Å². The van der Waals surface area contributed by atoms with E-state index >= 15 is 0 Å². The highest BCUT2D eigenvalue weighted by molar-refractivity contribution is 9.10. The van der Waals surface area contributed by atoms with Crippen molar-refractivity contribution in [2.45, 2.75) is 39.3 Å². The van der Waals surface area contributed by atoms with E-state index in [0.717, 1.165) is 22.3 Å². The van der Waals surface area contributed by atoms with E-state index in [1.807, 2.05) is 32.9 Å². The quantitative estimate of drug-likeness (QED) is 0.878. The molecule has 1 atom stereocenters. The number of rotatable bonds is 5. The Labute approximate surface area is 118 Å². The molecule has 0 saturated carbocycles.